The van der Waals surface area contributed by atoms with Gasteiger partial charge in [-0.05, 0) is 43.4 Å². The van der Waals surface area contributed by atoms with Gasteiger partial charge in [-0.15, -0.1) is 0 Å². The Morgan fingerprint density at radius 1 is 1.48 bits per heavy atom. The lowest BCUT2D eigenvalue weighted by Gasteiger charge is -2.26. The monoisotopic (exact) mass is 315 g/mol. The number of ether oxygens (including phenoxy) is 1. The van der Waals surface area contributed by atoms with Crippen LogP contribution in [0.5, 0.6) is 0 Å². The van der Waals surface area contributed by atoms with Crippen LogP contribution in [0.25, 0.3) is 0 Å². The number of rotatable bonds is 5. The smallest absolute Gasteiger partial charge is 0.252 e. The molecule has 0 radical (unpaired) electrons. The number of benzene rings is 1. The van der Waals surface area contributed by atoms with Crippen LogP contribution in [0.3, 0.4) is 0 Å². The Labute approximate surface area is 128 Å². The van der Waals surface area contributed by atoms with E-state index in [1.165, 1.54) is 12.1 Å². The molecule has 6 heteroatoms. The second-order valence-corrected chi connectivity index (χ2v) is 5.59. The number of hydrogen-bond donors (Lipinski definition) is 2. The van der Waals surface area contributed by atoms with Gasteiger partial charge in [0.1, 0.15) is 5.82 Å². The molecule has 0 unspecified atom stereocenters. The fourth-order valence-corrected chi connectivity index (χ4v) is 2.69. The van der Waals surface area contributed by atoms with Crippen molar-refractivity contribution in [1.29, 1.82) is 0 Å². The van der Waals surface area contributed by atoms with Crippen LogP contribution in [0.1, 0.15) is 29.6 Å². The molecule has 0 bridgehead atoms. The molecule has 1 heterocycles. The van der Waals surface area contributed by atoms with E-state index in [1.807, 2.05) is 0 Å². The van der Waals surface area contributed by atoms with Crippen LogP contribution >= 0.6 is 11.6 Å². The van der Waals surface area contributed by atoms with Gasteiger partial charge in [-0.2, -0.15) is 0 Å². The molecule has 21 heavy (non-hydrogen) atoms. The number of aliphatic hydroxyl groups is 1. The molecule has 116 valence electrons. The molecule has 0 aromatic heterocycles. The zero-order valence-electron chi connectivity index (χ0n) is 11.6. The van der Waals surface area contributed by atoms with Gasteiger partial charge in [0.15, 0.2) is 0 Å². The lowest BCUT2D eigenvalue weighted by Crippen LogP contribution is -2.32. The van der Waals surface area contributed by atoms with Crippen molar-refractivity contribution in [1.82, 2.24) is 5.32 Å². The number of hydrogen-bond acceptors (Lipinski definition) is 3. The molecule has 0 spiro atoms. The highest BCUT2D eigenvalue weighted by Crippen LogP contribution is 2.20. The second-order valence-electron chi connectivity index (χ2n) is 5.19. The Hall–Kier alpha value is -1.17. The fraction of sp³-hybridized carbons (Fsp3) is 0.533. The minimum absolute atomic E-state index is 0.0810. The molecule has 1 amide bonds. The molecule has 0 aliphatic carbocycles. The van der Waals surface area contributed by atoms with Crippen molar-refractivity contribution in [2.45, 2.75) is 25.4 Å². The second kappa shape index (κ2) is 7.73. The van der Waals surface area contributed by atoms with Crippen LogP contribution in [0.4, 0.5) is 4.39 Å². The summed E-state index contributed by atoms with van der Waals surface area (Å²) in [6.45, 7) is 1.71. The van der Waals surface area contributed by atoms with Gasteiger partial charge in [0.05, 0.1) is 16.7 Å². The van der Waals surface area contributed by atoms with Crippen molar-refractivity contribution in [2.24, 2.45) is 5.92 Å². The summed E-state index contributed by atoms with van der Waals surface area (Å²) in [5, 5.41) is 12.8. The first-order valence-electron chi connectivity index (χ1n) is 7.07. The molecule has 1 aliphatic rings. The lowest BCUT2D eigenvalue weighted by molar-refractivity contribution is 0.00528. The lowest BCUT2D eigenvalue weighted by atomic mass is 9.92. The van der Waals surface area contributed by atoms with Crippen molar-refractivity contribution in [3.63, 3.8) is 0 Å². The van der Waals surface area contributed by atoms with E-state index in [-0.39, 0.29) is 22.4 Å². The van der Waals surface area contributed by atoms with E-state index in [1.54, 1.807) is 0 Å². The van der Waals surface area contributed by atoms with Crippen molar-refractivity contribution in [3.8, 4) is 0 Å². The summed E-state index contributed by atoms with van der Waals surface area (Å²) < 4.78 is 18.2. The summed E-state index contributed by atoms with van der Waals surface area (Å²) in [6, 6.07) is 3.65. The van der Waals surface area contributed by atoms with E-state index in [9.17, 15) is 14.3 Å². The highest BCUT2D eigenvalue weighted by molar-refractivity contribution is 6.33. The van der Waals surface area contributed by atoms with Gasteiger partial charge in [0.2, 0.25) is 0 Å². The van der Waals surface area contributed by atoms with Gasteiger partial charge in [-0.25, -0.2) is 4.39 Å². The van der Waals surface area contributed by atoms with Crippen molar-refractivity contribution in [2.75, 3.05) is 19.8 Å². The molecule has 1 atom stereocenters. The summed E-state index contributed by atoms with van der Waals surface area (Å²) in [5.74, 6) is -0.615. The van der Waals surface area contributed by atoms with Crippen molar-refractivity contribution in [3.05, 3.63) is 34.6 Å². The largest absolute Gasteiger partial charge is 0.393 e. The predicted molar refractivity (Wildman–Crippen MR) is 77.9 cm³/mol. The van der Waals surface area contributed by atoms with E-state index >= 15 is 0 Å². The van der Waals surface area contributed by atoms with E-state index in [4.69, 9.17) is 16.3 Å². The van der Waals surface area contributed by atoms with Gasteiger partial charge in [-0.1, -0.05) is 11.6 Å². The van der Waals surface area contributed by atoms with Crippen molar-refractivity contribution >= 4 is 17.5 Å². The summed E-state index contributed by atoms with van der Waals surface area (Å²) >= 11 is 5.82. The molecule has 1 saturated heterocycles. The number of aliphatic hydroxyl groups excluding tert-OH is 1. The first-order valence-corrected chi connectivity index (χ1v) is 7.45. The molecule has 1 aromatic rings. The van der Waals surface area contributed by atoms with Crippen LogP contribution in [0, 0.1) is 11.7 Å². The minimum atomic E-state index is -0.480. The molecule has 1 aromatic carbocycles. The van der Waals surface area contributed by atoms with E-state index in [2.05, 4.69) is 5.32 Å². The maximum atomic E-state index is 12.9. The third kappa shape index (κ3) is 4.66. The number of nitrogens with one attached hydrogen (secondary N) is 1. The summed E-state index contributed by atoms with van der Waals surface area (Å²) in [6.07, 6.45) is 1.73. The normalized spacial score (nSPS) is 17.5. The van der Waals surface area contributed by atoms with E-state index in [0.717, 1.165) is 18.9 Å². The summed E-state index contributed by atoms with van der Waals surface area (Å²) in [7, 11) is 0. The number of amides is 1. The van der Waals surface area contributed by atoms with Gasteiger partial charge < -0.3 is 15.2 Å². The predicted octanol–water partition coefficient (Wildman–Crippen LogP) is 2.39. The summed E-state index contributed by atoms with van der Waals surface area (Å²) in [5.41, 5.74) is 0.235. The molecule has 1 aliphatic heterocycles. The number of carbonyl (C=O) groups excluding carboxylic acids is 1. The highest BCUT2D eigenvalue weighted by atomic mass is 35.5. The molecule has 1 fully saturated rings. The standard InChI is InChI=1S/C15H19ClFNO3/c16-13-9-11(17)1-2-12(13)15(20)18-6-3-14(19)10-4-7-21-8-5-10/h1-2,9-10,14,19H,3-8H2,(H,18,20)/t14-/m0/s1. The third-order valence-corrected chi connectivity index (χ3v) is 4.02. The summed E-state index contributed by atoms with van der Waals surface area (Å²) in [4.78, 5) is 11.9. The van der Waals surface area contributed by atoms with Gasteiger partial charge >= 0.3 is 0 Å². The number of halogens is 2. The molecule has 4 nitrogen and oxygen atoms in total. The van der Waals surface area contributed by atoms with Crippen LogP contribution < -0.4 is 5.32 Å². The average molecular weight is 316 g/mol. The Balaban J connectivity index is 1.78. The first kappa shape index (κ1) is 16.2. The Morgan fingerprint density at radius 2 is 2.19 bits per heavy atom. The van der Waals surface area contributed by atoms with Gasteiger partial charge in [-0.3, -0.25) is 4.79 Å². The van der Waals surface area contributed by atoms with E-state index < -0.39 is 11.9 Å². The fourth-order valence-electron chi connectivity index (χ4n) is 2.44. The van der Waals surface area contributed by atoms with Gasteiger partial charge in [0, 0.05) is 19.8 Å². The molecular weight excluding hydrogens is 297 g/mol. The van der Waals surface area contributed by atoms with E-state index in [0.29, 0.717) is 26.2 Å². The molecule has 0 saturated carbocycles. The average Bonchev–Trinajstić information content (AvgIpc) is 2.47. The SMILES string of the molecule is O=C(NCC[C@H](O)C1CCOCC1)c1ccc(F)cc1Cl. The number of carbonyl (C=O) groups is 1. The third-order valence-electron chi connectivity index (χ3n) is 3.71. The van der Waals surface area contributed by atoms with Crippen molar-refractivity contribution < 1.29 is 19.0 Å². The van der Waals surface area contributed by atoms with Crippen LogP contribution in [0.2, 0.25) is 5.02 Å². The molecule has 2 rings (SSSR count). The Bertz CT molecular complexity index is 492. The highest BCUT2D eigenvalue weighted by Gasteiger charge is 2.22. The first-order chi connectivity index (χ1) is 10.1. The Morgan fingerprint density at radius 3 is 2.86 bits per heavy atom. The maximum Gasteiger partial charge on any atom is 0.252 e. The zero-order valence-corrected chi connectivity index (χ0v) is 12.4. The molecular formula is C15H19ClFNO3. The Kier molecular flexibility index (Phi) is 5.96. The van der Waals surface area contributed by atoms with Crippen LogP contribution in [-0.2, 0) is 4.74 Å². The topological polar surface area (TPSA) is 58.6 Å². The molecule has 2 N–H and O–H groups in total. The minimum Gasteiger partial charge on any atom is -0.393 e. The van der Waals surface area contributed by atoms with Crippen LogP contribution in [0.15, 0.2) is 18.2 Å². The zero-order chi connectivity index (χ0) is 15.2. The van der Waals surface area contributed by atoms with Gasteiger partial charge in [0.25, 0.3) is 5.91 Å². The quantitative estimate of drug-likeness (QED) is 0.877. The maximum absolute atomic E-state index is 12.9. The van der Waals surface area contributed by atoms with Crippen LogP contribution in [-0.4, -0.2) is 36.9 Å².